The predicted molar refractivity (Wildman–Crippen MR) is 63.0 cm³/mol. The predicted octanol–water partition coefficient (Wildman–Crippen LogP) is 1.21. The number of carbonyl (C=O) groups is 1. The fourth-order valence-electron chi connectivity index (χ4n) is 1.14. The Kier molecular flexibility index (Phi) is 5.60. The number of nitrogens with zero attached hydrogens (tertiary/aromatic N) is 2. The van der Waals surface area contributed by atoms with Crippen LogP contribution in [0.4, 0.5) is 5.82 Å². The van der Waals surface area contributed by atoms with Crippen LogP contribution in [0.1, 0.15) is 6.92 Å². The van der Waals surface area contributed by atoms with Crippen molar-refractivity contribution >= 4 is 24.2 Å². The van der Waals surface area contributed by atoms with Crippen LogP contribution in [-0.4, -0.2) is 36.3 Å². The standard InChI is InChI=1S/C10H14N2O3.ClH/c1-7(10(14)15-3)12(2)8-5-4-6-9(13)11-8;/h4-7H,1-3H3,(H,11,13);1H/t7-;/m0./s1. The summed E-state index contributed by atoms with van der Waals surface area (Å²) in [5.74, 6) is 0.104. The summed E-state index contributed by atoms with van der Waals surface area (Å²) in [7, 11) is 3.05. The summed E-state index contributed by atoms with van der Waals surface area (Å²) in [5, 5.41) is 9.19. The van der Waals surface area contributed by atoms with E-state index in [2.05, 4.69) is 9.72 Å². The minimum atomic E-state index is -0.440. The van der Waals surface area contributed by atoms with Crippen molar-refractivity contribution in [1.82, 2.24) is 4.98 Å². The van der Waals surface area contributed by atoms with Gasteiger partial charge < -0.3 is 14.7 Å². The third-order valence-corrected chi connectivity index (χ3v) is 2.20. The maximum absolute atomic E-state index is 11.3. The lowest BCUT2D eigenvalue weighted by atomic mass is 10.3. The average Bonchev–Trinajstić information content (AvgIpc) is 2.26. The molecule has 5 nitrogen and oxygen atoms in total. The number of aromatic hydroxyl groups is 1. The number of hydrogen-bond acceptors (Lipinski definition) is 5. The summed E-state index contributed by atoms with van der Waals surface area (Å²) in [6, 6.07) is 4.40. The molecule has 16 heavy (non-hydrogen) atoms. The van der Waals surface area contributed by atoms with Gasteiger partial charge in [0.1, 0.15) is 11.9 Å². The van der Waals surface area contributed by atoms with Crippen molar-refractivity contribution in [2.45, 2.75) is 13.0 Å². The van der Waals surface area contributed by atoms with Gasteiger partial charge in [0.25, 0.3) is 0 Å². The van der Waals surface area contributed by atoms with Crippen LogP contribution in [0.5, 0.6) is 5.88 Å². The molecular weight excluding hydrogens is 232 g/mol. The molecule has 1 heterocycles. The number of carbonyl (C=O) groups excluding carboxylic acids is 1. The number of halogens is 1. The van der Waals surface area contributed by atoms with E-state index in [1.54, 1.807) is 31.0 Å². The molecule has 1 atom stereocenters. The zero-order valence-electron chi connectivity index (χ0n) is 9.38. The summed E-state index contributed by atoms with van der Waals surface area (Å²) in [6.45, 7) is 1.71. The van der Waals surface area contributed by atoms with Crippen molar-refractivity contribution in [3.63, 3.8) is 0 Å². The van der Waals surface area contributed by atoms with E-state index in [9.17, 15) is 9.90 Å². The number of rotatable bonds is 3. The molecule has 1 aromatic rings. The minimum absolute atomic E-state index is 0. The number of aromatic nitrogens is 1. The first-order valence-corrected chi connectivity index (χ1v) is 4.53. The molecule has 0 unspecified atom stereocenters. The van der Waals surface area contributed by atoms with Gasteiger partial charge in [-0.15, -0.1) is 12.4 Å². The first-order chi connectivity index (χ1) is 7.06. The second-order valence-electron chi connectivity index (χ2n) is 3.16. The van der Waals surface area contributed by atoms with Gasteiger partial charge in [-0.2, -0.15) is 4.98 Å². The third kappa shape index (κ3) is 3.27. The highest BCUT2D eigenvalue weighted by atomic mass is 35.5. The highest BCUT2D eigenvalue weighted by Gasteiger charge is 2.19. The van der Waals surface area contributed by atoms with Gasteiger partial charge in [0.15, 0.2) is 0 Å². The summed E-state index contributed by atoms with van der Waals surface area (Å²) in [4.78, 5) is 16.8. The Morgan fingerprint density at radius 3 is 2.69 bits per heavy atom. The zero-order valence-corrected chi connectivity index (χ0v) is 10.2. The fraction of sp³-hybridized carbons (Fsp3) is 0.400. The minimum Gasteiger partial charge on any atom is -0.493 e. The highest BCUT2D eigenvalue weighted by molar-refractivity contribution is 5.85. The number of methoxy groups -OCH3 is 1. The molecule has 0 saturated carbocycles. The van der Waals surface area contributed by atoms with Gasteiger partial charge in [-0.25, -0.2) is 4.79 Å². The van der Waals surface area contributed by atoms with Crippen molar-refractivity contribution in [1.29, 1.82) is 0 Å². The van der Waals surface area contributed by atoms with Crippen LogP contribution in [-0.2, 0) is 9.53 Å². The van der Waals surface area contributed by atoms with E-state index in [-0.39, 0.29) is 24.3 Å². The maximum atomic E-state index is 11.3. The van der Waals surface area contributed by atoms with Crippen molar-refractivity contribution in [3.8, 4) is 5.88 Å². The quantitative estimate of drug-likeness (QED) is 0.813. The molecule has 0 aliphatic rings. The van der Waals surface area contributed by atoms with E-state index in [0.29, 0.717) is 5.82 Å². The van der Waals surface area contributed by atoms with Crippen LogP contribution in [0.3, 0.4) is 0 Å². The first-order valence-electron chi connectivity index (χ1n) is 4.53. The Bertz CT molecular complexity index is 360. The molecule has 0 aliphatic heterocycles. The number of esters is 1. The topological polar surface area (TPSA) is 62.7 Å². The van der Waals surface area contributed by atoms with E-state index in [4.69, 9.17) is 0 Å². The molecular formula is C10H15ClN2O3. The lowest BCUT2D eigenvalue weighted by Gasteiger charge is -2.23. The molecule has 0 spiro atoms. The molecule has 1 N–H and O–H groups in total. The molecule has 0 radical (unpaired) electrons. The average molecular weight is 247 g/mol. The third-order valence-electron chi connectivity index (χ3n) is 2.20. The lowest BCUT2D eigenvalue weighted by Crippen LogP contribution is -2.37. The Balaban J connectivity index is 0.00000225. The molecule has 0 fully saturated rings. The van der Waals surface area contributed by atoms with Gasteiger partial charge in [0, 0.05) is 13.1 Å². The van der Waals surface area contributed by atoms with Crippen LogP contribution in [0.15, 0.2) is 18.2 Å². The second-order valence-corrected chi connectivity index (χ2v) is 3.16. The molecule has 0 aromatic carbocycles. The molecule has 1 aromatic heterocycles. The molecule has 0 saturated heterocycles. The van der Waals surface area contributed by atoms with E-state index in [0.717, 1.165) is 0 Å². The Morgan fingerprint density at radius 2 is 2.19 bits per heavy atom. The van der Waals surface area contributed by atoms with Crippen molar-refractivity contribution in [3.05, 3.63) is 18.2 Å². The van der Waals surface area contributed by atoms with Crippen molar-refractivity contribution in [2.24, 2.45) is 0 Å². The van der Waals surface area contributed by atoms with Crippen LogP contribution in [0.25, 0.3) is 0 Å². The number of anilines is 1. The summed E-state index contributed by atoms with van der Waals surface area (Å²) < 4.78 is 4.61. The summed E-state index contributed by atoms with van der Waals surface area (Å²) >= 11 is 0. The van der Waals surface area contributed by atoms with E-state index >= 15 is 0 Å². The number of pyridine rings is 1. The van der Waals surface area contributed by atoms with Gasteiger partial charge in [0.2, 0.25) is 5.88 Å². The molecule has 1 rings (SSSR count). The van der Waals surface area contributed by atoms with E-state index in [1.165, 1.54) is 13.2 Å². The van der Waals surface area contributed by atoms with E-state index in [1.807, 2.05) is 0 Å². The number of ether oxygens (including phenoxy) is 1. The molecule has 0 amide bonds. The Morgan fingerprint density at radius 1 is 1.56 bits per heavy atom. The van der Waals surface area contributed by atoms with Crippen LogP contribution in [0.2, 0.25) is 0 Å². The van der Waals surface area contributed by atoms with Crippen LogP contribution in [0, 0.1) is 0 Å². The van der Waals surface area contributed by atoms with Crippen molar-refractivity contribution in [2.75, 3.05) is 19.1 Å². The summed E-state index contributed by atoms with van der Waals surface area (Å²) in [6.07, 6.45) is 0. The second kappa shape index (κ2) is 6.17. The van der Waals surface area contributed by atoms with Crippen LogP contribution < -0.4 is 4.90 Å². The highest BCUT2D eigenvalue weighted by Crippen LogP contribution is 2.15. The monoisotopic (exact) mass is 246 g/mol. The van der Waals surface area contributed by atoms with Gasteiger partial charge in [-0.05, 0) is 13.0 Å². The smallest absolute Gasteiger partial charge is 0.328 e. The van der Waals surface area contributed by atoms with Gasteiger partial charge in [0.05, 0.1) is 7.11 Å². The lowest BCUT2D eigenvalue weighted by molar-refractivity contribution is -0.141. The number of likely N-dealkylation sites (N-methyl/N-ethyl adjacent to an activating group) is 1. The molecule has 0 aliphatic carbocycles. The number of hydrogen-bond donors (Lipinski definition) is 1. The van der Waals surface area contributed by atoms with Crippen molar-refractivity contribution < 1.29 is 14.6 Å². The Hall–Kier alpha value is -1.49. The molecule has 6 heteroatoms. The molecule has 0 bridgehead atoms. The summed E-state index contributed by atoms with van der Waals surface area (Å²) in [5.41, 5.74) is 0. The maximum Gasteiger partial charge on any atom is 0.328 e. The fourth-order valence-corrected chi connectivity index (χ4v) is 1.14. The Labute approximate surface area is 100 Å². The van der Waals surface area contributed by atoms with Gasteiger partial charge in [-0.3, -0.25) is 0 Å². The first kappa shape index (κ1) is 14.5. The van der Waals surface area contributed by atoms with Gasteiger partial charge in [-0.1, -0.05) is 6.07 Å². The van der Waals surface area contributed by atoms with Crippen LogP contribution >= 0.6 is 12.4 Å². The molecule has 90 valence electrons. The van der Waals surface area contributed by atoms with E-state index < -0.39 is 6.04 Å². The SMILES string of the molecule is COC(=O)[C@H](C)N(C)c1cccc(O)n1.Cl. The normalized spacial score (nSPS) is 11.2. The largest absolute Gasteiger partial charge is 0.493 e. The zero-order chi connectivity index (χ0) is 11.4. The van der Waals surface area contributed by atoms with Gasteiger partial charge >= 0.3 is 5.97 Å².